The summed E-state index contributed by atoms with van der Waals surface area (Å²) in [6.07, 6.45) is 0. The fraction of sp³-hybridized carbons (Fsp3) is 0.182. The van der Waals surface area contributed by atoms with Gasteiger partial charge in [-0.15, -0.1) is 0 Å². The predicted octanol–water partition coefficient (Wildman–Crippen LogP) is 7.22. The van der Waals surface area contributed by atoms with Gasteiger partial charge in [0.1, 0.15) is 0 Å². The molecule has 0 saturated heterocycles. The summed E-state index contributed by atoms with van der Waals surface area (Å²) in [5.41, 5.74) is 5.31. The third-order valence-corrected chi connectivity index (χ3v) is 6.59. The number of hydrogen-bond acceptors (Lipinski definition) is 2. The van der Waals surface area contributed by atoms with Crippen LogP contribution < -0.4 is 0 Å². The molecule has 24 heavy (non-hydrogen) atoms. The lowest BCUT2D eigenvalue weighted by molar-refractivity contribution is 1.20. The Hall–Kier alpha value is -1.64. The molecule has 3 rings (SSSR count). The molecule has 2 heteroatoms. The smallest absolute Gasteiger partial charge is 0.0262 e. The van der Waals surface area contributed by atoms with Gasteiger partial charge in [0, 0.05) is 19.6 Å². The topological polar surface area (TPSA) is 0 Å². The lowest BCUT2D eigenvalue weighted by atomic mass is 10.2. The molecule has 0 atom stereocenters. The quantitative estimate of drug-likeness (QED) is 0.487. The molecule has 0 aliphatic carbocycles. The Morgan fingerprint density at radius 2 is 0.917 bits per heavy atom. The van der Waals surface area contributed by atoms with Gasteiger partial charge in [-0.3, -0.25) is 0 Å². The second-order valence-electron chi connectivity index (χ2n) is 6.19. The van der Waals surface area contributed by atoms with Crippen molar-refractivity contribution in [2.45, 2.75) is 47.3 Å². The highest BCUT2D eigenvalue weighted by Crippen LogP contribution is 2.40. The van der Waals surface area contributed by atoms with E-state index >= 15 is 0 Å². The van der Waals surface area contributed by atoms with E-state index in [2.05, 4.69) is 88.4 Å². The lowest BCUT2D eigenvalue weighted by Gasteiger charge is -2.12. The van der Waals surface area contributed by atoms with Gasteiger partial charge < -0.3 is 0 Å². The Balaban J connectivity index is 1.90. The lowest BCUT2D eigenvalue weighted by Crippen LogP contribution is -1.85. The Morgan fingerprint density at radius 1 is 0.500 bits per heavy atom. The summed E-state index contributed by atoms with van der Waals surface area (Å²) in [6, 6.07) is 22.0. The fourth-order valence-electron chi connectivity index (χ4n) is 2.68. The molecule has 0 N–H and O–H groups in total. The summed E-state index contributed by atoms with van der Waals surface area (Å²) in [7, 11) is 0. The van der Waals surface area contributed by atoms with Crippen LogP contribution in [0.25, 0.3) is 0 Å². The Bertz CT molecular complexity index is 793. The van der Waals surface area contributed by atoms with Crippen molar-refractivity contribution in [2.75, 3.05) is 0 Å². The number of benzene rings is 3. The third-order valence-electron chi connectivity index (χ3n) is 3.95. The van der Waals surface area contributed by atoms with Crippen LogP contribution in [0.4, 0.5) is 0 Å². The summed E-state index contributed by atoms with van der Waals surface area (Å²) in [5, 5.41) is 0. The molecule has 0 heterocycles. The third kappa shape index (κ3) is 4.06. The van der Waals surface area contributed by atoms with Crippen molar-refractivity contribution in [3.63, 3.8) is 0 Å². The van der Waals surface area contributed by atoms with E-state index in [4.69, 9.17) is 0 Å². The van der Waals surface area contributed by atoms with E-state index in [9.17, 15) is 0 Å². The van der Waals surface area contributed by atoms with Gasteiger partial charge in [0.05, 0.1) is 0 Å². The largest absolute Gasteiger partial charge is 0.0886 e. The van der Waals surface area contributed by atoms with E-state index in [1.165, 1.54) is 41.8 Å². The van der Waals surface area contributed by atoms with Crippen molar-refractivity contribution in [1.29, 1.82) is 0 Å². The van der Waals surface area contributed by atoms with E-state index in [0.717, 1.165) is 0 Å². The molecule has 3 aromatic rings. The van der Waals surface area contributed by atoms with Crippen molar-refractivity contribution < 1.29 is 0 Å². The molecular weight excluding hydrogens is 328 g/mol. The summed E-state index contributed by atoms with van der Waals surface area (Å²) >= 11 is 3.71. The van der Waals surface area contributed by atoms with Gasteiger partial charge in [-0.2, -0.15) is 0 Å². The maximum atomic E-state index is 2.25. The maximum Gasteiger partial charge on any atom is 0.0262 e. The minimum absolute atomic E-state index is 1.31. The van der Waals surface area contributed by atoms with Crippen molar-refractivity contribution in [3.05, 3.63) is 82.9 Å². The summed E-state index contributed by atoms with van der Waals surface area (Å²) in [4.78, 5) is 5.28. The van der Waals surface area contributed by atoms with E-state index in [1.807, 2.05) is 23.5 Å². The first kappa shape index (κ1) is 17.2. The van der Waals surface area contributed by atoms with Gasteiger partial charge >= 0.3 is 0 Å². The van der Waals surface area contributed by atoms with E-state index in [-0.39, 0.29) is 0 Å². The molecular formula is C22H22S2. The molecule has 0 aromatic heterocycles. The van der Waals surface area contributed by atoms with Crippen LogP contribution in [0.1, 0.15) is 22.3 Å². The zero-order chi connectivity index (χ0) is 17.1. The average Bonchev–Trinajstić information content (AvgIpc) is 2.54. The molecule has 0 nitrogen and oxygen atoms in total. The number of aryl methyl sites for hydroxylation is 4. The van der Waals surface area contributed by atoms with Gasteiger partial charge in [-0.05, 0) is 63.1 Å². The van der Waals surface area contributed by atoms with Crippen LogP contribution in [-0.4, -0.2) is 0 Å². The van der Waals surface area contributed by atoms with Crippen LogP contribution in [0.2, 0.25) is 0 Å². The van der Waals surface area contributed by atoms with Crippen LogP contribution in [0.3, 0.4) is 0 Å². The molecule has 0 saturated carbocycles. The van der Waals surface area contributed by atoms with Gasteiger partial charge in [-0.1, -0.05) is 71.0 Å². The Labute approximate surface area is 153 Å². The molecule has 0 amide bonds. The van der Waals surface area contributed by atoms with Crippen LogP contribution >= 0.6 is 23.5 Å². The van der Waals surface area contributed by atoms with Crippen LogP contribution in [0.15, 0.2) is 80.2 Å². The monoisotopic (exact) mass is 350 g/mol. The number of rotatable bonds is 4. The summed E-state index contributed by atoms with van der Waals surface area (Å²) < 4.78 is 0. The van der Waals surface area contributed by atoms with Crippen molar-refractivity contribution in [3.8, 4) is 0 Å². The van der Waals surface area contributed by atoms with Gasteiger partial charge in [0.2, 0.25) is 0 Å². The first-order valence-corrected chi connectivity index (χ1v) is 9.75. The minimum atomic E-state index is 1.31. The van der Waals surface area contributed by atoms with Crippen molar-refractivity contribution in [2.24, 2.45) is 0 Å². The molecule has 122 valence electrons. The second-order valence-corrected chi connectivity index (χ2v) is 8.36. The van der Waals surface area contributed by atoms with Crippen molar-refractivity contribution in [1.82, 2.24) is 0 Å². The minimum Gasteiger partial charge on any atom is -0.0886 e. The summed E-state index contributed by atoms with van der Waals surface area (Å²) in [5.74, 6) is 0. The molecule has 0 aliphatic heterocycles. The SMILES string of the molecule is Cc1ccc(Sc2ccccc2Sc2ccc(C)cc2C)c(C)c1. The highest BCUT2D eigenvalue weighted by Gasteiger charge is 2.09. The molecule has 0 radical (unpaired) electrons. The second kappa shape index (κ2) is 7.50. The first-order valence-electron chi connectivity index (χ1n) is 8.12. The van der Waals surface area contributed by atoms with Gasteiger partial charge in [0.25, 0.3) is 0 Å². The molecule has 3 aromatic carbocycles. The average molecular weight is 351 g/mol. The van der Waals surface area contributed by atoms with Crippen LogP contribution in [0, 0.1) is 27.7 Å². The molecule has 0 spiro atoms. The highest BCUT2D eigenvalue weighted by atomic mass is 32.2. The van der Waals surface area contributed by atoms with Crippen LogP contribution in [-0.2, 0) is 0 Å². The van der Waals surface area contributed by atoms with Crippen LogP contribution in [0.5, 0.6) is 0 Å². The first-order chi connectivity index (χ1) is 11.5. The van der Waals surface area contributed by atoms with E-state index < -0.39 is 0 Å². The highest BCUT2D eigenvalue weighted by molar-refractivity contribution is 8.02. The van der Waals surface area contributed by atoms with Gasteiger partial charge in [0.15, 0.2) is 0 Å². The Morgan fingerprint density at radius 3 is 1.29 bits per heavy atom. The summed E-state index contributed by atoms with van der Waals surface area (Å²) in [6.45, 7) is 8.67. The zero-order valence-electron chi connectivity index (χ0n) is 14.6. The standard InChI is InChI=1S/C22H22S2/c1-15-9-11-19(17(3)13-15)23-21-7-5-6-8-22(21)24-20-12-10-16(2)14-18(20)4/h5-14H,1-4H3. The molecule has 0 unspecified atom stereocenters. The number of hydrogen-bond donors (Lipinski definition) is 0. The van der Waals surface area contributed by atoms with E-state index in [0.29, 0.717) is 0 Å². The normalized spacial score (nSPS) is 10.8. The predicted molar refractivity (Wildman–Crippen MR) is 107 cm³/mol. The Kier molecular flexibility index (Phi) is 5.37. The maximum absolute atomic E-state index is 2.25. The molecule has 0 fully saturated rings. The van der Waals surface area contributed by atoms with E-state index in [1.54, 1.807) is 0 Å². The zero-order valence-corrected chi connectivity index (χ0v) is 16.2. The molecule has 0 bridgehead atoms. The van der Waals surface area contributed by atoms with Crippen molar-refractivity contribution >= 4 is 23.5 Å². The fourth-order valence-corrected chi connectivity index (χ4v) is 4.75. The molecule has 0 aliphatic rings. The van der Waals surface area contributed by atoms with Gasteiger partial charge in [-0.25, -0.2) is 0 Å².